The van der Waals surface area contributed by atoms with Crippen molar-refractivity contribution in [2.45, 2.75) is 32.3 Å². The Hall–Kier alpha value is -1.66. The number of amides is 1. The monoisotopic (exact) mass is 293 g/mol. The molecule has 116 valence electrons. The third kappa shape index (κ3) is 4.15. The highest BCUT2D eigenvalue weighted by Crippen LogP contribution is 2.15. The molecule has 3 N–H and O–H groups in total. The summed E-state index contributed by atoms with van der Waals surface area (Å²) in [5.74, 6) is -0.198. The van der Waals surface area contributed by atoms with Crippen LogP contribution in [0.4, 0.5) is 0 Å². The van der Waals surface area contributed by atoms with Crippen molar-refractivity contribution in [3.8, 4) is 0 Å². The molecule has 0 unspecified atom stereocenters. The standard InChI is InChI=1S/C15H23N3O3/c1-11-9-14(19)13(10-17-11)15(20)18-6-3-12(4-7-18)21-8-2-5-16/h9-10,12H,2-8,16H2,1H3,(H,17,19). The Morgan fingerprint density at radius 1 is 1.48 bits per heavy atom. The van der Waals surface area contributed by atoms with Crippen molar-refractivity contribution >= 4 is 5.91 Å². The Kier molecular flexibility index (Phi) is 5.52. The lowest BCUT2D eigenvalue weighted by Gasteiger charge is -2.31. The smallest absolute Gasteiger partial charge is 0.259 e. The van der Waals surface area contributed by atoms with Gasteiger partial charge in [0, 0.05) is 37.7 Å². The van der Waals surface area contributed by atoms with Crippen LogP contribution >= 0.6 is 0 Å². The molecule has 0 spiro atoms. The molecule has 6 nitrogen and oxygen atoms in total. The molecule has 0 bridgehead atoms. The number of rotatable bonds is 5. The number of piperidine rings is 1. The maximum atomic E-state index is 12.3. The van der Waals surface area contributed by atoms with Crippen LogP contribution < -0.4 is 11.2 Å². The van der Waals surface area contributed by atoms with E-state index in [0.29, 0.717) is 26.2 Å². The highest BCUT2D eigenvalue weighted by Gasteiger charge is 2.25. The lowest BCUT2D eigenvalue weighted by Crippen LogP contribution is -2.42. The SMILES string of the molecule is Cc1cc(=O)c(C(=O)N2CCC(OCCCN)CC2)c[nH]1. The second kappa shape index (κ2) is 7.38. The number of aryl methyl sites for hydroxylation is 1. The lowest BCUT2D eigenvalue weighted by atomic mass is 10.1. The number of nitrogens with two attached hydrogens (primary N) is 1. The molecular formula is C15H23N3O3. The van der Waals surface area contributed by atoms with Crippen LogP contribution in [-0.4, -0.2) is 48.1 Å². The lowest BCUT2D eigenvalue weighted by molar-refractivity contribution is 0.00840. The second-order valence-electron chi connectivity index (χ2n) is 5.40. The van der Waals surface area contributed by atoms with Crippen molar-refractivity contribution in [1.29, 1.82) is 0 Å². The van der Waals surface area contributed by atoms with Crippen LogP contribution in [-0.2, 0) is 4.74 Å². The van der Waals surface area contributed by atoms with Gasteiger partial charge >= 0.3 is 0 Å². The third-order valence-electron chi connectivity index (χ3n) is 3.72. The molecule has 0 aromatic carbocycles. The van der Waals surface area contributed by atoms with Crippen molar-refractivity contribution in [1.82, 2.24) is 9.88 Å². The van der Waals surface area contributed by atoms with E-state index in [-0.39, 0.29) is 23.0 Å². The zero-order valence-corrected chi connectivity index (χ0v) is 12.4. The number of ether oxygens (including phenoxy) is 1. The van der Waals surface area contributed by atoms with E-state index in [4.69, 9.17) is 10.5 Å². The minimum Gasteiger partial charge on any atom is -0.378 e. The number of nitrogens with one attached hydrogen (secondary N) is 1. The molecular weight excluding hydrogens is 270 g/mol. The van der Waals surface area contributed by atoms with Crippen LogP contribution in [0.1, 0.15) is 35.3 Å². The molecule has 0 saturated carbocycles. The number of carbonyl (C=O) groups is 1. The number of hydrogen-bond donors (Lipinski definition) is 2. The van der Waals surface area contributed by atoms with Crippen molar-refractivity contribution in [3.05, 3.63) is 33.7 Å². The van der Waals surface area contributed by atoms with Gasteiger partial charge in [0.1, 0.15) is 5.56 Å². The summed E-state index contributed by atoms with van der Waals surface area (Å²) < 4.78 is 5.71. The van der Waals surface area contributed by atoms with Crippen molar-refractivity contribution in [2.24, 2.45) is 5.73 Å². The van der Waals surface area contributed by atoms with Gasteiger partial charge in [0.15, 0.2) is 5.43 Å². The zero-order valence-electron chi connectivity index (χ0n) is 12.4. The molecule has 1 aliphatic heterocycles. The van der Waals surface area contributed by atoms with Crippen molar-refractivity contribution < 1.29 is 9.53 Å². The van der Waals surface area contributed by atoms with Crippen molar-refractivity contribution in [2.75, 3.05) is 26.2 Å². The topological polar surface area (TPSA) is 88.4 Å². The van der Waals surface area contributed by atoms with E-state index >= 15 is 0 Å². The number of aromatic nitrogens is 1. The van der Waals surface area contributed by atoms with Crippen LogP contribution in [0.25, 0.3) is 0 Å². The molecule has 0 atom stereocenters. The fourth-order valence-electron chi connectivity index (χ4n) is 2.47. The average Bonchev–Trinajstić information content (AvgIpc) is 2.48. The van der Waals surface area contributed by atoms with Crippen molar-refractivity contribution in [3.63, 3.8) is 0 Å². The third-order valence-corrected chi connectivity index (χ3v) is 3.72. The first-order chi connectivity index (χ1) is 10.1. The zero-order chi connectivity index (χ0) is 15.2. The molecule has 1 fully saturated rings. The number of likely N-dealkylation sites (tertiary alicyclic amines) is 1. The molecule has 1 aromatic rings. The highest BCUT2D eigenvalue weighted by molar-refractivity contribution is 5.93. The predicted molar refractivity (Wildman–Crippen MR) is 80.3 cm³/mol. The van der Waals surface area contributed by atoms with Gasteiger partial charge in [-0.3, -0.25) is 9.59 Å². The Bertz CT molecular complexity index is 533. The van der Waals surface area contributed by atoms with Crippen LogP contribution in [0.2, 0.25) is 0 Å². The predicted octanol–water partition coefficient (Wildman–Crippen LogP) is 0.653. The number of pyridine rings is 1. The fourth-order valence-corrected chi connectivity index (χ4v) is 2.47. The van der Waals surface area contributed by atoms with E-state index in [2.05, 4.69) is 4.98 Å². The summed E-state index contributed by atoms with van der Waals surface area (Å²) >= 11 is 0. The Balaban J connectivity index is 1.89. The van der Waals surface area contributed by atoms with Gasteiger partial charge in [-0.1, -0.05) is 0 Å². The van der Waals surface area contributed by atoms with Gasteiger partial charge in [-0.25, -0.2) is 0 Å². The highest BCUT2D eigenvalue weighted by atomic mass is 16.5. The summed E-state index contributed by atoms with van der Waals surface area (Å²) in [6.07, 6.45) is 4.17. The van der Waals surface area contributed by atoms with E-state index in [1.54, 1.807) is 11.8 Å². The van der Waals surface area contributed by atoms with E-state index in [1.165, 1.54) is 12.3 Å². The molecule has 0 radical (unpaired) electrons. The van der Waals surface area contributed by atoms with Crippen LogP contribution in [0.5, 0.6) is 0 Å². The van der Waals surface area contributed by atoms with E-state index in [0.717, 1.165) is 25.0 Å². The maximum Gasteiger partial charge on any atom is 0.259 e. The number of carbonyl (C=O) groups excluding carboxylic acids is 1. The van der Waals surface area contributed by atoms with Gasteiger partial charge in [-0.2, -0.15) is 0 Å². The summed E-state index contributed by atoms with van der Waals surface area (Å²) in [5.41, 5.74) is 6.17. The molecule has 1 amide bonds. The van der Waals surface area contributed by atoms with E-state index < -0.39 is 0 Å². The Morgan fingerprint density at radius 3 is 2.81 bits per heavy atom. The number of hydrogen-bond acceptors (Lipinski definition) is 4. The van der Waals surface area contributed by atoms with Crippen LogP contribution in [0.15, 0.2) is 17.1 Å². The summed E-state index contributed by atoms with van der Waals surface area (Å²) in [5, 5.41) is 0. The Labute approximate surface area is 124 Å². The van der Waals surface area contributed by atoms with E-state index in [1.807, 2.05) is 0 Å². The molecule has 2 rings (SSSR count). The summed E-state index contributed by atoms with van der Waals surface area (Å²) in [7, 11) is 0. The van der Waals surface area contributed by atoms with Gasteiger partial charge in [0.05, 0.1) is 6.10 Å². The first-order valence-electron chi connectivity index (χ1n) is 7.42. The molecule has 0 aliphatic carbocycles. The quantitative estimate of drug-likeness (QED) is 0.780. The van der Waals surface area contributed by atoms with Gasteiger partial charge in [0.2, 0.25) is 0 Å². The molecule has 21 heavy (non-hydrogen) atoms. The molecule has 6 heteroatoms. The van der Waals surface area contributed by atoms with Gasteiger partial charge in [-0.15, -0.1) is 0 Å². The first kappa shape index (κ1) is 15.7. The minimum atomic E-state index is -0.224. The van der Waals surface area contributed by atoms with E-state index in [9.17, 15) is 9.59 Å². The largest absolute Gasteiger partial charge is 0.378 e. The average molecular weight is 293 g/mol. The molecule has 1 saturated heterocycles. The minimum absolute atomic E-state index is 0.192. The summed E-state index contributed by atoms with van der Waals surface area (Å²) in [6.45, 7) is 4.35. The van der Waals surface area contributed by atoms with Crippen LogP contribution in [0, 0.1) is 6.92 Å². The maximum absolute atomic E-state index is 12.3. The second-order valence-corrected chi connectivity index (χ2v) is 5.40. The Morgan fingerprint density at radius 2 is 2.19 bits per heavy atom. The first-order valence-corrected chi connectivity index (χ1v) is 7.42. The molecule has 1 aliphatic rings. The number of nitrogens with zero attached hydrogens (tertiary/aromatic N) is 1. The number of aromatic amines is 1. The van der Waals surface area contributed by atoms with Gasteiger partial charge in [-0.05, 0) is 32.7 Å². The molecule has 2 heterocycles. The van der Waals surface area contributed by atoms with Gasteiger partial charge < -0.3 is 20.4 Å². The van der Waals surface area contributed by atoms with Crippen LogP contribution in [0.3, 0.4) is 0 Å². The molecule has 1 aromatic heterocycles. The number of H-pyrrole nitrogens is 1. The fraction of sp³-hybridized carbons (Fsp3) is 0.600. The normalized spacial score (nSPS) is 16.2. The summed E-state index contributed by atoms with van der Waals surface area (Å²) in [6, 6.07) is 1.45. The summed E-state index contributed by atoms with van der Waals surface area (Å²) in [4.78, 5) is 28.9. The van der Waals surface area contributed by atoms with Gasteiger partial charge in [0.25, 0.3) is 5.91 Å².